The van der Waals surface area contributed by atoms with Gasteiger partial charge in [-0.1, -0.05) is 103 Å². The van der Waals surface area contributed by atoms with Gasteiger partial charge in [0.15, 0.2) is 0 Å². The molecule has 0 heterocycles. The van der Waals surface area contributed by atoms with Crippen molar-refractivity contribution in [1.82, 2.24) is 16.1 Å². The van der Waals surface area contributed by atoms with E-state index in [1.54, 1.807) is 0 Å². The average molecular weight is 685 g/mol. The molecule has 12 heteroatoms. The second-order valence-electron chi connectivity index (χ2n) is 13.2. The van der Waals surface area contributed by atoms with Crippen molar-refractivity contribution in [3.8, 4) is 0 Å². The molecule has 0 saturated carbocycles. The molecule has 0 aromatic heterocycles. The molecular formula is C36H72N6O6. The van der Waals surface area contributed by atoms with E-state index in [-0.39, 0.29) is 11.8 Å². The third kappa shape index (κ3) is 31.0. The van der Waals surface area contributed by atoms with Gasteiger partial charge in [-0.25, -0.2) is 9.59 Å². The standard InChI is InChI=1S/C36H72N6O6/c1-2-3-4-5-6-8-11-14-17-26-34(44)41-29-23-20-25-32(38)36(46)48-42-30-21-16-13-10-7-9-12-15-18-27-33(43)40-28-22-19-24-31(37)35(45)47-39/h31-32,42H,2-30,37-39H2,1H3,(H,40,43)(H,41,44). The fourth-order valence-electron chi connectivity index (χ4n) is 5.45. The van der Waals surface area contributed by atoms with Crippen LogP contribution in [0.5, 0.6) is 0 Å². The molecule has 9 N–H and O–H groups in total. The van der Waals surface area contributed by atoms with Crippen LogP contribution in [0.15, 0.2) is 0 Å². The Morgan fingerprint density at radius 2 is 0.875 bits per heavy atom. The number of carbonyl (C=O) groups excluding carboxylic acids is 4. The number of amides is 2. The molecule has 0 spiro atoms. The third-order valence-corrected chi connectivity index (χ3v) is 8.61. The molecule has 12 nitrogen and oxygen atoms in total. The van der Waals surface area contributed by atoms with E-state index < -0.39 is 24.0 Å². The van der Waals surface area contributed by atoms with Crippen molar-refractivity contribution in [3.05, 3.63) is 0 Å². The maximum Gasteiger partial charge on any atom is 0.341 e. The summed E-state index contributed by atoms with van der Waals surface area (Å²) >= 11 is 0. The Hall–Kier alpha value is -2.28. The van der Waals surface area contributed by atoms with Crippen molar-refractivity contribution in [1.29, 1.82) is 0 Å². The van der Waals surface area contributed by atoms with E-state index in [1.807, 2.05) is 0 Å². The lowest BCUT2D eigenvalue weighted by Crippen LogP contribution is -2.36. The van der Waals surface area contributed by atoms with Gasteiger partial charge in [-0.15, -0.1) is 0 Å². The molecular weight excluding hydrogens is 612 g/mol. The highest BCUT2D eigenvalue weighted by atomic mass is 16.7. The molecule has 0 aromatic rings. The van der Waals surface area contributed by atoms with E-state index in [0.29, 0.717) is 45.3 Å². The monoisotopic (exact) mass is 685 g/mol. The van der Waals surface area contributed by atoms with Crippen LogP contribution in [0, 0.1) is 0 Å². The molecule has 2 unspecified atom stereocenters. The number of hydroxylamine groups is 1. The summed E-state index contributed by atoms with van der Waals surface area (Å²) in [6.45, 7) is 4.05. The molecule has 2 atom stereocenters. The Bertz CT molecular complexity index is 803. The van der Waals surface area contributed by atoms with Crippen molar-refractivity contribution in [2.24, 2.45) is 17.4 Å². The van der Waals surface area contributed by atoms with Crippen LogP contribution >= 0.6 is 0 Å². The summed E-state index contributed by atoms with van der Waals surface area (Å²) in [6.07, 6.45) is 26.2. The molecule has 282 valence electrons. The van der Waals surface area contributed by atoms with Gasteiger partial charge in [0.05, 0.1) is 0 Å². The highest BCUT2D eigenvalue weighted by Gasteiger charge is 2.15. The lowest BCUT2D eigenvalue weighted by Gasteiger charge is -2.12. The zero-order chi connectivity index (χ0) is 35.5. The maximum absolute atomic E-state index is 12.1. The summed E-state index contributed by atoms with van der Waals surface area (Å²) in [4.78, 5) is 56.4. The second kappa shape index (κ2) is 34.6. The highest BCUT2D eigenvalue weighted by molar-refractivity contribution is 5.76. The quantitative estimate of drug-likeness (QED) is 0.0366. The van der Waals surface area contributed by atoms with E-state index in [2.05, 4.69) is 27.9 Å². The van der Waals surface area contributed by atoms with Crippen LogP contribution in [0.1, 0.15) is 174 Å². The minimum Gasteiger partial charge on any atom is -0.372 e. The number of unbranched alkanes of at least 4 members (excludes halogenated alkanes) is 18. The van der Waals surface area contributed by atoms with E-state index in [4.69, 9.17) is 22.2 Å². The summed E-state index contributed by atoms with van der Waals surface area (Å²) in [7, 11) is 0. The van der Waals surface area contributed by atoms with Crippen LogP contribution in [0.4, 0.5) is 0 Å². The topological polar surface area (TPSA) is 201 Å². The normalized spacial score (nSPS) is 12.3. The number of hydrogen-bond acceptors (Lipinski definition) is 10. The fourth-order valence-corrected chi connectivity index (χ4v) is 5.45. The molecule has 48 heavy (non-hydrogen) atoms. The first-order chi connectivity index (χ1) is 23.3. The minimum absolute atomic E-state index is 0.0680. The molecule has 0 radical (unpaired) electrons. The van der Waals surface area contributed by atoms with E-state index in [0.717, 1.165) is 77.0 Å². The van der Waals surface area contributed by atoms with Gasteiger partial charge < -0.3 is 31.8 Å². The van der Waals surface area contributed by atoms with Crippen LogP contribution < -0.4 is 33.5 Å². The Morgan fingerprint density at radius 3 is 1.31 bits per heavy atom. The van der Waals surface area contributed by atoms with Gasteiger partial charge in [-0.2, -0.15) is 11.4 Å². The Labute approximate surface area is 291 Å². The maximum atomic E-state index is 12.1. The van der Waals surface area contributed by atoms with Crippen molar-refractivity contribution in [3.63, 3.8) is 0 Å². The largest absolute Gasteiger partial charge is 0.372 e. The van der Waals surface area contributed by atoms with Crippen LogP contribution in [-0.4, -0.2) is 55.5 Å². The molecule has 0 rings (SSSR count). The fraction of sp³-hybridized carbons (Fsp3) is 0.889. The van der Waals surface area contributed by atoms with E-state index in [9.17, 15) is 19.2 Å². The lowest BCUT2D eigenvalue weighted by molar-refractivity contribution is -0.153. The molecule has 0 bridgehead atoms. The minimum atomic E-state index is -0.710. The number of hydrogen-bond donors (Lipinski definition) is 6. The predicted octanol–water partition coefficient (Wildman–Crippen LogP) is 5.50. The number of nitrogens with one attached hydrogen (secondary N) is 3. The van der Waals surface area contributed by atoms with Gasteiger partial charge in [-0.3, -0.25) is 9.59 Å². The van der Waals surface area contributed by atoms with Crippen LogP contribution in [0.3, 0.4) is 0 Å². The van der Waals surface area contributed by atoms with Gasteiger partial charge in [-0.05, 0) is 57.8 Å². The van der Waals surface area contributed by atoms with E-state index in [1.165, 1.54) is 64.2 Å². The highest BCUT2D eigenvalue weighted by Crippen LogP contribution is 2.12. The van der Waals surface area contributed by atoms with Crippen molar-refractivity contribution in [2.75, 3.05) is 19.6 Å². The lowest BCUT2D eigenvalue weighted by atomic mass is 10.1. The number of carbonyl (C=O) groups is 4. The van der Waals surface area contributed by atoms with Gasteiger partial charge in [0.25, 0.3) is 0 Å². The van der Waals surface area contributed by atoms with Crippen LogP contribution in [0.2, 0.25) is 0 Å². The summed E-state index contributed by atoms with van der Waals surface area (Å²) in [5.74, 6) is 3.94. The summed E-state index contributed by atoms with van der Waals surface area (Å²) in [5.41, 5.74) is 14.3. The first kappa shape index (κ1) is 45.7. The van der Waals surface area contributed by atoms with Crippen molar-refractivity contribution >= 4 is 23.8 Å². The third-order valence-electron chi connectivity index (χ3n) is 8.61. The average Bonchev–Trinajstić information content (AvgIpc) is 3.08. The molecule has 0 aromatic carbocycles. The van der Waals surface area contributed by atoms with Crippen molar-refractivity contribution < 1.29 is 28.9 Å². The van der Waals surface area contributed by atoms with Gasteiger partial charge >= 0.3 is 11.9 Å². The zero-order valence-corrected chi connectivity index (χ0v) is 30.3. The molecule has 0 aliphatic heterocycles. The van der Waals surface area contributed by atoms with E-state index >= 15 is 0 Å². The molecule has 0 aliphatic carbocycles. The Balaban J connectivity index is 3.44. The molecule has 2 amide bonds. The van der Waals surface area contributed by atoms with Crippen molar-refractivity contribution in [2.45, 2.75) is 186 Å². The van der Waals surface area contributed by atoms with Gasteiger partial charge in [0.2, 0.25) is 11.8 Å². The predicted molar refractivity (Wildman–Crippen MR) is 192 cm³/mol. The molecule has 0 fully saturated rings. The SMILES string of the molecule is CCCCCCCCCCCC(=O)NCCCCC(N)C(=O)ONCCCCCCCCCCCC(=O)NCCCCC(N)C(=O)ON. The van der Waals surface area contributed by atoms with Crippen LogP contribution in [-0.2, 0) is 28.9 Å². The summed E-state index contributed by atoms with van der Waals surface area (Å²) in [5, 5.41) is 5.88. The second-order valence-corrected chi connectivity index (χ2v) is 13.2. The number of rotatable bonds is 35. The summed E-state index contributed by atoms with van der Waals surface area (Å²) in [6, 6.07) is -1.37. The van der Waals surface area contributed by atoms with Gasteiger partial charge in [0, 0.05) is 32.5 Å². The van der Waals surface area contributed by atoms with Gasteiger partial charge in [0.1, 0.15) is 12.1 Å². The first-order valence-electron chi connectivity index (χ1n) is 19.2. The zero-order valence-electron chi connectivity index (χ0n) is 30.3. The molecule has 0 aliphatic rings. The Morgan fingerprint density at radius 1 is 0.500 bits per heavy atom. The molecule has 0 saturated heterocycles. The number of nitrogens with two attached hydrogens (primary N) is 3. The van der Waals surface area contributed by atoms with Crippen LogP contribution in [0.25, 0.3) is 0 Å². The summed E-state index contributed by atoms with van der Waals surface area (Å²) < 4.78 is 0. The first-order valence-corrected chi connectivity index (χ1v) is 19.2. The Kier molecular flexibility index (Phi) is 32.9. The smallest absolute Gasteiger partial charge is 0.341 e.